The third kappa shape index (κ3) is 7.24. The first-order valence-corrected chi connectivity index (χ1v) is 13.2. The van der Waals surface area contributed by atoms with E-state index in [0.29, 0.717) is 47.7 Å². The lowest BCUT2D eigenvalue weighted by Crippen LogP contribution is -2.09. The molecule has 0 radical (unpaired) electrons. The predicted octanol–water partition coefficient (Wildman–Crippen LogP) is 4.31. The highest BCUT2D eigenvalue weighted by atomic mass is 127. The molecule has 4 N–H and O–H groups in total. The van der Waals surface area contributed by atoms with Crippen LogP contribution in [0.15, 0.2) is 36.4 Å². The fraction of sp³-hybridized carbons (Fsp3) is 0.385. The van der Waals surface area contributed by atoms with Crippen LogP contribution in [0.1, 0.15) is 83.6 Å². The van der Waals surface area contributed by atoms with Gasteiger partial charge in [-0.25, -0.2) is 0 Å². The van der Waals surface area contributed by atoms with Gasteiger partial charge in [-0.3, -0.25) is 19.2 Å². The minimum atomic E-state index is -1.04. The van der Waals surface area contributed by atoms with E-state index in [1.165, 1.54) is 18.4 Å². The number of anilines is 2. The van der Waals surface area contributed by atoms with Crippen molar-refractivity contribution in [3.05, 3.63) is 56.7 Å². The number of ketones is 2. The van der Waals surface area contributed by atoms with Crippen LogP contribution in [-0.2, 0) is 9.59 Å². The summed E-state index contributed by atoms with van der Waals surface area (Å²) in [5, 5.41) is 22.0. The molecule has 0 atom stereocenters. The number of hydrogen-bond donors (Lipinski definition) is 4. The third-order valence-electron chi connectivity index (χ3n) is 6.42. The number of carbonyl (C=O) groups is 4. The molecule has 0 bridgehead atoms. The molecule has 2 aliphatic carbocycles. The van der Waals surface area contributed by atoms with E-state index >= 15 is 0 Å². The highest BCUT2D eigenvalue weighted by molar-refractivity contribution is 14.1. The van der Waals surface area contributed by atoms with Gasteiger partial charge in [-0.05, 0) is 83.1 Å². The van der Waals surface area contributed by atoms with Crippen molar-refractivity contribution in [3.8, 4) is 0 Å². The van der Waals surface area contributed by atoms with Crippen molar-refractivity contribution in [2.24, 2.45) is 0 Å². The summed E-state index contributed by atoms with van der Waals surface area (Å²) in [5.74, 6) is 0.815. The highest BCUT2D eigenvalue weighted by Gasteiger charge is 2.33. The minimum absolute atomic E-state index is 0.0368. The first-order valence-electron chi connectivity index (χ1n) is 12.2. The van der Waals surface area contributed by atoms with Gasteiger partial charge >= 0.3 is 7.12 Å². The van der Waals surface area contributed by atoms with Gasteiger partial charge < -0.3 is 20.7 Å². The summed E-state index contributed by atoms with van der Waals surface area (Å²) in [6.45, 7) is 0. The Hall–Kier alpha value is -2.57. The summed E-state index contributed by atoms with van der Waals surface area (Å²) in [7, 11) is -1.04. The average molecular weight is 602 g/mol. The van der Waals surface area contributed by atoms with Crippen LogP contribution in [0.4, 0.5) is 11.4 Å². The maximum atomic E-state index is 11.8. The summed E-state index contributed by atoms with van der Waals surface area (Å²) < 4.78 is 1.01. The van der Waals surface area contributed by atoms with Crippen LogP contribution in [0.2, 0.25) is 5.82 Å². The van der Waals surface area contributed by atoms with Crippen LogP contribution in [-0.4, -0.2) is 40.5 Å². The van der Waals surface area contributed by atoms with Crippen LogP contribution >= 0.6 is 22.6 Å². The second kappa shape index (κ2) is 11.7. The van der Waals surface area contributed by atoms with Gasteiger partial charge in [0, 0.05) is 40.4 Å². The van der Waals surface area contributed by atoms with Gasteiger partial charge in [0.25, 0.3) is 0 Å². The van der Waals surface area contributed by atoms with Gasteiger partial charge in [-0.1, -0.05) is 18.9 Å². The number of benzene rings is 2. The molecule has 2 aromatic rings. The molecule has 2 fully saturated rings. The van der Waals surface area contributed by atoms with Gasteiger partial charge in [-0.15, -0.1) is 0 Å². The van der Waals surface area contributed by atoms with Crippen molar-refractivity contribution in [2.75, 3.05) is 10.6 Å². The predicted molar refractivity (Wildman–Crippen MR) is 145 cm³/mol. The molecule has 2 heterocycles. The Morgan fingerprint density at radius 2 is 1.25 bits per heavy atom. The van der Waals surface area contributed by atoms with E-state index in [0.717, 1.165) is 16.4 Å². The first kappa shape index (κ1) is 26.5. The number of amides is 2. The summed E-state index contributed by atoms with van der Waals surface area (Å²) >= 11 is 2.15. The zero-order valence-electron chi connectivity index (χ0n) is 19.8. The lowest BCUT2D eigenvalue weighted by atomic mass is 9.84. The molecule has 2 amide bonds. The minimum Gasteiger partial charge on any atom is -0.427 e. The molecule has 0 spiro atoms. The van der Waals surface area contributed by atoms with Crippen LogP contribution in [0.3, 0.4) is 0 Å². The number of hydrogen-bond acceptors (Lipinski definition) is 6. The summed E-state index contributed by atoms with van der Waals surface area (Å²) in [4.78, 5) is 46.0. The monoisotopic (exact) mass is 602 g/mol. The Morgan fingerprint density at radius 1 is 0.722 bits per heavy atom. The van der Waals surface area contributed by atoms with Crippen molar-refractivity contribution in [1.29, 1.82) is 0 Å². The molecule has 2 aromatic carbocycles. The number of fused-ring (bicyclic) bond motifs is 2. The van der Waals surface area contributed by atoms with E-state index < -0.39 is 7.12 Å². The number of rotatable bonds is 2. The second-order valence-corrected chi connectivity index (χ2v) is 10.7. The Bertz CT molecular complexity index is 1190. The molecule has 0 aromatic heterocycles. The summed E-state index contributed by atoms with van der Waals surface area (Å²) in [6.07, 6.45) is 5.65. The van der Waals surface area contributed by atoms with E-state index in [2.05, 4.69) is 33.2 Å². The fourth-order valence-corrected chi connectivity index (χ4v) is 4.48. The maximum absolute atomic E-state index is 11.8. The quantitative estimate of drug-likeness (QED) is 0.299. The highest BCUT2D eigenvalue weighted by Crippen LogP contribution is 2.41. The van der Waals surface area contributed by atoms with Gasteiger partial charge in [-0.2, -0.15) is 0 Å². The SMILES string of the molecule is O=C1CCC(=O)c2ccc(C3CC3)cc2N1.O=C1CCC(=O)c2ccc(I)cc2N1.OB(O)C1CC1. The smallest absolute Gasteiger partial charge is 0.427 e. The van der Waals surface area contributed by atoms with Crippen LogP contribution < -0.4 is 10.6 Å². The molecule has 6 rings (SSSR count). The Balaban J connectivity index is 0.000000139. The van der Waals surface area contributed by atoms with E-state index in [1.807, 2.05) is 30.3 Å². The lowest BCUT2D eigenvalue weighted by Gasteiger charge is -2.07. The number of carbonyl (C=O) groups excluding carboxylic acids is 4. The van der Waals surface area contributed by atoms with Gasteiger partial charge in [0.2, 0.25) is 11.8 Å². The van der Waals surface area contributed by atoms with Crippen molar-refractivity contribution >= 4 is 64.5 Å². The lowest BCUT2D eigenvalue weighted by molar-refractivity contribution is -0.116. The number of Topliss-reactive ketones (excluding diaryl/α,β-unsaturated/α-hetero) is 2. The van der Waals surface area contributed by atoms with E-state index in [-0.39, 0.29) is 35.6 Å². The Kier molecular flexibility index (Phi) is 8.58. The summed E-state index contributed by atoms with van der Waals surface area (Å²) in [5.41, 5.74) is 3.88. The number of halogens is 1. The zero-order chi connectivity index (χ0) is 25.8. The summed E-state index contributed by atoms with van der Waals surface area (Å²) in [6, 6.07) is 11.3. The van der Waals surface area contributed by atoms with Crippen molar-refractivity contribution in [3.63, 3.8) is 0 Å². The molecule has 4 aliphatic rings. The third-order valence-corrected chi connectivity index (χ3v) is 7.10. The van der Waals surface area contributed by atoms with Gasteiger partial charge in [0.1, 0.15) is 0 Å². The molecule has 2 saturated carbocycles. The molecule has 0 saturated heterocycles. The Labute approximate surface area is 223 Å². The Morgan fingerprint density at radius 3 is 1.72 bits per heavy atom. The molecule has 0 unspecified atom stereocenters. The zero-order valence-corrected chi connectivity index (χ0v) is 21.9. The van der Waals surface area contributed by atoms with Crippen LogP contribution in [0.25, 0.3) is 0 Å². The standard InChI is InChI=1S/C13H13NO2.C10H8INO2.C3H7BO2/c15-12-5-6-13(16)14-11-7-9(8-1-2-8)3-4-10(11)12;11-6-1-2-7-8(5-6)12-10(14)4-3-9(7)13;5-4(6)3-1-2-3/h3-4,7-8H,1-2,5-6H2,(H,14,16);1-2,5H,3-4H2,(H,12,14);3,5-6H,1-2H2. The fourth-order valence-electron chi connectivity index (χ4n) is 3.99. The van der Waals surface area contributed by atoms with Crippen LogP contribution in [0, 0.1) is 3.57 Å². The molecule has 10 heteroatoms. The molecule has 188 valence electrons. The maximum Gasteiger partial charge on any atom is 0.454 e. The average Bonchev–Trinajstić information content (AvgIpc) is 3.72. The van der Waals surface area contributed by atoms with Crippen molar-refractivity contribution in [1.82, 2.24) is 0 Å². The molecular weight excluding hydrogens is 574 g/mol. The first-order chi connectivity index (χ1) is 17.2. The van der Waals surface area contributed by atoms with Gasteiger partial charge in [0.15, 0.2) is 11.6 Å². The van der Waals surface area contributed by atoms with Crippen LogP contribution in [0.5, 0.6) is 0 Å². The van der Waals surface area contributed by atoms with Crippen molar-refractivity contribution in [2.45, 2.75) is 63.1 Å². The second-order valence-electron chi connectivity index (χ2n) is 9.46. The molecule has 2 aliphatic heterocycles. The largest absolute Gasteiger partial charge is 0.454 e. The van der Waals surface area contributed by atoms with E-state index in [4.69, 9.17) is 10.0 Å². The molecule has 36 heavy (non-hydrogen) atoms. The topological polar surface area (TPSA) is 133 Å². The molecular formula is C26H28BIN2O6. The number of nitrogens with one attached hydrogen (secondary N) is 2. The van der Waals surface area contributed by atoms with Crippen molar-refractivity contribution < 1.29 is 29.2 Å². The van der Waals surface area contributed by atoms with Gasteiger partial charge in [0.05, 0.1) is 11.4 Å². The van der Waals surface area contributed by atoms with E-state index in [9.17, 15) is 19.2 Å². The normalized spacial score (nSPS) is 18.5. The molecule has 8 nitrogen and oxygen atoms in total. The van der Waals surface area contributed by atoms with E-state index in [1.54, 1.807) is 6.07 Å².